The zero-order valence-electron chi connectivity index (χ0n) is 11.5. The Balaban J connectivity index is 1.92. The van der Waals surface area contributed by atoms with Crippen molar-refractivity contribution in [3.8, 4) is 0 Å². The van der Waals surface area contributed by atoms with E-state index in [-0.39, 0.29) is 0 Å². The summed E-state index contributed by atoms with van der Waals surface area (Å²) in [7, 11) is 0. The second kappa shape index (κ2) is 6.58. The van der Waals surface area contributed by atoms with Gasteiger partial charge in [-0.2, -0.15) is 0 Å². The molecular weight excluding hydrogens is 242 g/mol. The van der Waals surface area contributed by atoms with Gasteiger partial charge in [0.05, 0.1) is 0 Å². The van der Waals surface area contributed by atoms with Crippen LogP contribution in [-0.2, 0) is 0 Å². The molecule has 0 amide bonds. The maximum Gasteiger partial charge on any atom is 0.0409 e. The predicted molar refractivity (Wildman–Crippen MR) is 79.0 cm³/mol. The van der Waals surface area contributed by atoms with Gasteiger partial charge in [-0.05, 0) is 43.4 Å². The fraction of sp³-hybridized carbons (Fsp3) is 0.625. The van der Waals surface area contributed by atoms with Gasteiger partial charge >= 0.3 is 0 Å². The highest BCUT2D eigenvalue weighted by molar-refractivity contribution is 6.30. The number of rotatable bonds is 4. The molecule has 1 aliphatic rings. The summed E-state index contributed by atoms with van der Waals surface area (Å²) < 4.78 is 0. The standard InChI is InChI=1S/C16H24ClN/c1-3-13-6-4-9-16(10-13)18-12(2)14-7-5-8-15(17)11-14/h5,7-8,11-13,16,18H,3-4,6,9-10H2,1-2H3/t12-,13?,16?/m0/s1. The van der Waals surface area contributed by atoms with E-state index in [9.17, 15) is 0 Å². The van der Waals surface area contributed by atoms with Crippen molar-refractivity contribution >= 4 is 11.6 Å². The summed E-state index contributed by atoms with van der Waals surface area (Å²) in [6, 6.07) is 9.27. The van der Waals surface area contributed by atoms with Crippen LogP contribution in [0.25, 0.3) is 0 Å². The molecule has 1 N–H and O–H groups in total. The van der Waals surface area contributed by atoms with Gasteiger partial charge in [-0.1, -0.05) is 49.9 Å². The first-order valence-corrected chi connectivity index (χ1v) is 7.58. The van der Waals surface area contributed by atoms with Gasteiger partial charge in [-0.15, -0.1) is 0 Å². The first-order chi connectivity index (χ1) is 8.69. The van der Waals surface area contributed by atoms with Crippen LogP contribution in [0.5, 0.6) is 0 Å². The molecule has 2 rings (SSSR count). The number of nitrogens with one attached hydrogen (secondary N) is 1. The number of hydrogen-bond acceptors (Lipinski definition) is 1. The number of halogens is 1. The molecule has 1 aromatic rings. The molecule has 100 valence electrons. The Bertz CT molecular complexity index is 377. The van der Waals surface area contributed by atoms with E-state index in [4.69, 9.17) is 11.6 Å². The minimum absolute atomic E-state index is 0.393. The summed E-state index contributed by atoms with van der Waals surface area (Å²) >= 11 is 6.05. The van der Waals surface area contributed by atoms with Crippen LogP contribution in [-0.4, -0.2) is 6.04 Å². The van der Waals surface area contributed by atoms with Crippen LogP contribution in [0.2, 0.25) is 5.02 Å². The Morgan fingerprint density at radius 3 is 2.94 bits per heavy atom. The molecule has 2 heteroatoms. The van der Waals surface area contributed by atoms with E-state index >= 15 is 0 Å². The van der Waals surface area contributed by atoms with Crippen molar-refractivity contribution in [1.29, 1.82) is 0 Å². The van der Waals surface area contributed by atoms with Gasteiger partial charge < -0.3 is 5.32 Å². The van der Waals surface area contributed by atoms with Gasteiger partial charge in [0.25, 0.3) is 0 Å². The Kier molecular flexibility index (Phi) is 5.08. The van der Waals surface area contributed by atoms with Crippen LogP contribution in [0.15, 0.2) is 24.3 Å². The summed E-state index contributed by atoms with van der Waals surface area (Å²) in [6.07, 6.45) is 6.77. The second-order valence-electron chi connectivity index (χ2n) is 5.58. The number of benzene rings is 1. The van der Waals surface area contributed by atoms with Gasteiger partial charge in [-0.25, -0.2) is 0 Å². The molecule has 1 fully saturated rings. The van der Waals surface area contributed by atoms with E-state index in [0.29, 0.717) is 12.1 Å². The molecule has 0 aromatic heterocycles. The van der Waals surface area contributed by atoms with Crippen LogP contribution in [0.1, 0.15) is 57.6 Å². The van der Waals surface area contributed by atoms with Crippen molar-refractivity contribution < 1.29 is 0 Å². The summed E-state index contributed by atoms with van der Waals surface area (Å²) in [5.74, 6) is 0.919. The fourth-order valence-corrected chi connectivity index (χ4v) is 3.24. The molecule has 0 aliphatic heterocycles. The molecule has 0 radical (unpaired) electrons. The van der Waals surface area contributed by atoms with E-state index < -0.39 is 0 Å². The third kappa shape index (κ3) is 3.73. The van der Waals surface area contributed by atoms with E-state index in [1.165, 1.54) is 37.7 Å². The Labute approximate surface area is 116 Å². The van der Waals surface area contributed by atoms with Gasteiger partial charge in [0.15, 0.2) is 0 Å². The van der Waals surface area contributed by atoms with Crippen LogP contribution < -0.4 is 5.32 Å². The van der Waals surface area contributed by atoms with Crippen molar-refractivity contribution in [2.24, 2.45) is 5.92 Å². The summed E-state index contributed by atoms with van der Waals surface area (Å²) in [5.41, 5.74) is 1.29. The highest BCUT2D eigenvalue weighted by Crippen LogP contribution is 2.28. The average Bonchev–Trinajstić information content (AvgIpc) is 2.39. The van der Waals surface area contributed by atoms with Gasteiger partial charge in [0.1, 0.15) is 0 Å². The molecule has 1 nitrogen and oxygen atoms in total. The minimum Gasteiger partial charge on any atom is -0.307 e. The van der Waals surface area contributed by atoms with E-state index in [0.717, 1.165) is 10.9 Å². The quantitative estimate of drug-likeness (QED) is 0.811. The molecule has 0 bridgehead atoms. The molecule has 0 spiro atoms. The van der Waals surface area contributed by atoms with Crippen LogP contribution in [0, 0.1) is 5.92 Å². The number of hydrogen-bond donors (Lipinski definition) is 1. The predicted octanol–water partition coefficient (Wildman–Crippen LogP) is 4.96. The van der Waals surface area contributed by atoms with Crippen LogP contribution >= 0.6 is 11.6 Å². The summed E-state index contributed by atoms with van der Waals surface area (Å²) in [4.78, 5) is 0. The lowest BCUT2D eigenvalue weighted by Gasteiger charge is -2.31. The third-order valence-corrected chi connectivity index (χ3v) is 4.43. The molecule has 3 atom stereocenters. The lowest BCUT2D eigenvalue weighted by atomic mass is 9.84. The van der Waals surface area contributed by atoms with Gasteiger partial charge in [-0.3, -0.25) is 0 Å². The van der Waals surface area contributed by atoms with Crippen LogP contribution in [0.3, 0.4) is 0 Å². The Morgan fingerprint density at radius 1 is 1.39 bits per heavy atom. The molecule has 0 saturated heterocycles. The minimum atomic E-state index is 0.393. The topological polar surface area (TPSA) is 12.0 Å². The van der Waals surface area contributed by atoms with Crippen molar-refractivity contribution in [2.75, 3.05) is 0 Å². The van der Waals surface area contributed by atoms with Gasteiger partial charge in [0.2, 0.25) is 0 Å². The van der Waals surface area contributed by atoms with Crippen molar-refractivity contribution in [3.05, 3.63) is 34.9 Å². The molecule has 0 heterocycles. The van der Waals surface area contributed by atoms with Crippen LogP contribution in [0.4, 0.5) is 0 Å². The summed E-state index contributed by atoms with van der Waals surface area (Å²) in [6.45, 7) is 4.55. The molecule has 18 heavy (non-hydrogen) atoms. The Morgan fingerprint density at radius 2 is 2.22 bits per heavy atom. The SMILES string of the molecule is CCC1CCCC(N[C@@H](C)c2cccc(Cl)c2)C1. The average molecular weight is 266 g/mol. The second-order valence-corrected chi connectivity index (χ2v) is 6.02. The zero-order valence-corrected chi connectivity index (χ0v) is 12.2. The maximum atomic E-state index is 6.05. The monoisotopic (exact) mass is 265 g/mol. The van der Waals surface area contributed by atoms with Crippen molar-refractivity contribution in [2.45, 2.75) is 58.0 Å². The van der Waals surface area contributed by atoms with E-state index in [1.807, 2.05) is 12.1 Å². The normalized spacial score (nSPS) is 25.9. The highest BCUT2D eigenvalue weighted by atomic mass is 35.5. The van der Waals surface area contributed by atoms with Crippen molar-refractivity contribution in [3.63, 3.8) is 0 Å². The van der Waals surface area contributed by atoms with E-state index in [1.54, 1.807) is 0 Å². The molecule has 1 aliphatic carbocycles. The smallest absolute Gasteiger partial charge is 0.0409 e. The largest absolute Gasteiger partial charge is 0.307 e. The Hall–Kier alpha value is -0.530. The lowest BCUT2D eigenvalue weighted by Crippen LogP contribution is -2.35. The van der Waals surface area contributed by atoms with E-state index in [2.05, 4.69) is 31.3 Å². The first-order valence-electron chi connectivity index (χ1n) is 7.20. The lowest BCUT2D eigenvalue weighted by molar-refractivity contribution is 0.266. The highest BCUT2D eigenvalue weighted by Gasteiger charge is 2.22. The molecule has 1 saturated carbocycles. The summed E-state index contributed by atoms with van der Waals surface area (Å²) in [5, 5.41) is 4.60. The molecule has 1 aromatic carbocycles. The first kappa shape index (κ1) is 13.9. The third-order valence-electron chi connectivity index (χ3n) is 4.19. The fourth-order valence-electron chi connectivity index (χ4n) is 3.04. The van der Waals surface area contributed by atoms with Gasteiger partial charge in [0, 0.05) is 17.1 Å². The molecule has 2 unspecified atom stereocenters. The van der Waals surface area contributed by atoms with Crippen molar-refractivity contribution in [1.82, 2.24) is 5.32 Å². The zero-order chi connectivity index (χ0) is 13.0. The maximum absolute atomic E-state index is 6.05. The molecular formula is C16H24ClN.